The maximum atomic E-state index is 9.96. The molecule has 0 N–H and O–H groups in total. The van der Waals surface area contributed by atoms with Crippen molar-refractivity contribution in [1.82, 2.24) is 0 Å². The van der Waals surface area contributed by atoms with Gasteiger partial charge >= 0.3 is 6.47 Å². The monoisotopic (exact) mass is 161 g/mol. The molecule has 1 aliphatic rings. The average Bonchev–Trinajstić information content (AvgIpc) is 2.47. The maximum absolute atomic E-state index is 9.96. The summed E-state index contributed by atoms with van der Waals surface area (Å²) in [4.78, 5) is 9.96. The van der Waals surface area contributed by atoms with Crippen molar-refractivity contribution in [2.24, 2.45) is 0 Å². The lowest BCUT2D eigenvalue weighted by Crippen LogP contribution is -2.10. The molecule has 0 unspecified atom stereocenters. The lowest BCUT2D eigenvalue weighted by molar-refractivity contribution is 0.187. The van der Waals surface area contributed by atoms with Gasteiger partial charge < -0.3 is 4.74 Å². The van der Waals surface area contributed by atoms with Gasteiger partial charge in [-0.15, -0.1) is 0 Å². The van der Waals surface area contributed by atoms with Crippen LogP contribution in [-0.4, -0.2) is 12.6 Å². The molecule has 0 heterocycles. The van der Waals surface area contributed by atoms with Gasteiger partial charge in [-0.1, -0.05) is 24.3 Å². The fourth-order valence-corrected chi connectivity index (χ4v) is 1.67. The Kier molecular flexibility index (Phi) is 1.82. The molecule has 2 rings (SSSR count). The van der Waals surface area contributed by atoms with Crippen LogP contribution in [0.5, 0.6) is 0 Å². The van der Waals surface area contributed by atoms with Gasteiger partial charge in [0.1, 0.15) is 6.10 Å². The van der Waals surface area contributed by atoms with E-state index in [-0.39, 0.29) is 6.10 Å². The number of hydrogen-bond donors (Lipinski definition) is 0. The zero-order valence-electron chi connectivity index (χ0n) is 6.62. The molecule has 0 aromatic heterocycles. The van der Waals surface area contributed by atoms with E-state index >= 15 is 0 Å². The minimum Gasteiger partial charge on any atom is -0.453 e. The number of fused-ring (bicyclic) bond motifs is 1. The van der Waals surface area contributed by atoms with Crippen molar-refractivity contribution in [3.05, 3.63) is 35.4 Å². The van der Waals surface area contributed by atoms with Crippen LogP contribution in [0.3, 0.4) is 0 Å². The van der Waals surface area contributed by atoms with Gasteiger partial charge in [0.15, 0.2) is 0 Å². The summed E-state index contributed by atoms with van der Waals surface area (Å²) >= 11 is 0. The van der Waals surface area contributed by atoms with Crippen LogP contribution < -0.4 is 0 Å². The summed E-state index contributed by atoms with van der Waals surface area (Å²) in [5.74, 6) is 0. The molecule has 0 saturated heterocycles. The first kappa shape index (κ1) is 7.35. The van der Waals surface area contributed by atoms with E-state index in [9.17, 15) is 4.79 Å². The SMILES string of the molecule is O=[C]OC1Cc2ccccc2C1. The molecule has 1 aliphatic carbocycles. The summed E-state index contributed by atoms with van der Waals surface area (Å²) in [5.41, 5.74) is 2.58. The van der Waals surface area contributed by atoms with Crippen molar-refractivity contribution < 1.29 is 9.53 Å². The van der Waals surface area contributed by atoms with Crippen molar-refractivity contribution in [2.75, 3.05) is 0 Å². The zero-order valence-corrected chi connectivity index (χ0v) is 6.62. The van der Waals surface area contributed by atoms with Crippen LogP contribution in [0.2, 0.25) is 0 Å². The molecule has 61 valence electrons. The van der Waals surface area contributed by atoms with E-state index in [1.165, 1.54) is 17.6 Å². The van der Waals surface area contributed by atoms with Crippen LogP contribution in [-0.2, 0) is 22.4 Å². The van der Waals surface area contributed by atoms with Crippen molar-refractivity contribution in [3.8, 4) is 0 Å². The van der Waals surface area contributed by atoms with E-state index in [0.29, 0.717) is 0 Å². The van der Waals surface area contributed by atoms with Gasteiger partial charge in [-0.3, -0.25) is 0 Å². The minimum absolute atomic E-state index is 0.0138. The smallest absolute Gasteiger partial charge is 0.417 e. The maximum Gasteiger partial charge on any atom is 0.417 e. The first-order valence-corrected chi connectivity index (χ1v) is 3.99. The van der Waals surface area contributed by atoms with Crippen LogP contribution in [0.4, 0.5) is 0 Å². The Morgan fingerprint density at radius 2 is 1.83 bits per heavy atom. The molecule has 0 bridgehead atoms. The van der Waals surface area contributed by atoms with Crippen molar-refractivity contribution in [1.29, 1.82) is 0 Å². The molecular formula is C10H9O2. The molecular weight excluding hydrogens is 152 g/mol. The summed E-state index contributed by atoms with van der Waals surface area (Å²) in [7, 11) is 0. The number of benzene rings is 1. The van der Waals surface area contributed by atoms with Gasteiger partial charge in [-0.05, 0) is 11.1 Å². The van der Waals surface area contributed by atoms with E-state index in [0.717, 1.165) is 12.8 Å². The molecule has 1 aromatic rings. The Morgan fingerprint density at radius 1 is 1.25 bits per heavy atom. The lowest BCUT2D eigenvalue weighted by Gasteiger charge is -2.02. The molecule has 2 nitrogen and oxygen atoms in total. The highest BCUT2D eigenvalue weighted by Crippen LogP contribution is 2.22. The van der Waals surface area contributed by atoms with Crippen LogP contribution in [0, 0.1) is 0 Å². The van der Waals surface area contributed by atoms with Crippen molar-refractivity contribution in [2.45, 2.75) is 18.9 Å². The third kappa shape index (κ3) is 1.20. The molecule has 0 saturated carbocycles. The quantitative estimate of drug-likeness (QED) is 0.652. The third-order valence-electron chi connectivity index (χ3n) is 2.23. The van der Waals surface area contributed by atoms with Gasteiger partial charge in [-0.2, -0.15) is 0 Å². The molecule has 0 atom stereocenters. The summed E-state index contributed by atoms with van der Waals surface area (Å²) < 4.78 is 4.78. The fourth-order valence-electron chi connectivity index (χ4n) is 1.67. The normalized spacial score (nSPS) is 15.7. The van der Waals surface area contributed by atoms with E-state index in [2.05, 4.69) is 12.1 Å². The highest BCUT2D eigenvalue weighted by molar-refractivity contribution is 5.41. The Hall–Kier alpha value is -1.31. The third-order valence-corrected chi connectivity index (χ3v) is 2.23. The van der Waals surface area contributed by atoms with Crippen LogP contribution in [0.15, 0.2) is 24.3 Å². The predicted molar refractivity (Wildman–Crippen MR) is 44.4 cm³/mol. The second kappa shape index (κ2) is 2.97. The second-order valence-electron chi connectivity index (χ2n) is 3.00. The summed E-state index contributed by atoms with van der Waals surface area (Å²) in [6, 6.07) is 8.16. The number of hydrogen-bond acceptors (Lipinski definition) is 2. The zero-order chi connectivity index (χ0) is 8.39. The molecule has 1 aromatic carbocycles. The summed E-state index contributed by atoms with van der Waals surface area (Å²) in [6.07, 6.45) is 1.69. The molecule has 0 spiro atoms. The summed E-state index contributed by atoms with van der Waals surface area (Å²) in [6.45, 7) is 1.49. The van der Waals surface area contributed by atoms with Gasteiger partial charge in [-0.25, -0.2) is 4.79 Å². The lowest BCUT2D eigenvalue weighted by atomic mass is 10.1. The fraction of sp³-hybridized carbons (Fsp3) is 0.300. The summed E-state index contributed by atoms with van der Waals surface area (Å²) in [5, 5.41) is 0. The van der Waals surface area contributed by atoms with E-state index in [1.54, 1.807) is 0 Å². The van der Waals surface area contributed by atoms with Gasteiger partial charge in [0.05, 0.1) is 0 Å². The van der Waals surface area contributed by atoms with Gasteiger partial charge in [0.2, 0.25) is 0 Å². The standard InChI is InChI=1S/C10H9O2/c11-7-12-10-5-8-3-1-2-4-9(8)6-10/h1-4,10H,5-6H2. The topological polar surface area (TPSA) is 26.3 Å². The largest absolute Gasteiger partial charge is 0.453 e. The number of rotatable bonds is 2. The molecule has 0 aliphatic heterocycles. The first-order chi connectivity index (χ1) is 5.90. The molecule has 12 heavy (non-hydrogen) atoms. The Balaban J connectivity index is 2.16. The molecule has 1 radical (unpaired) electrons. The van der Waals surface area contributed by atoms with Crippen LogP contribution >= 0.6 is 0 Å². The van der Waals surface area contributed by atoms with Crippen LogP contribution in [0.25, 0.3) is 0 Å². The highest BCUT2D eigenvalue weighted by atomic mass is 16.5. The Morgan fingerprint density at radius 3 is 2.33 bits per heavy atom. The van der Waals surface area contributed by atoms with E-state index in [1.807, 2.05) is 12.1 Å². The predicted octanol–water partition coefficient (Wildman–Crippen LogP) is 1.24. The van der Waals surface area contributed by atoms with Gasteiger partial charge in [0, 0.05) is 12.8 Å². The minimum atomic E-state index is 0.0138. The molecule has 2 heteroatoms. The second-order valence-corrected chi connectivity index (χ2v) is 3.00. The number of ether oxygens (including phenoxy) is 1. The molecule has 0 amide bonds. The molecule has 0 fully saturated rings. The Labute approximate surface area is 71.2 Å². The van der Waals surface area contributed by atoms with Crippen molar-refractivity contribution in [3.63, 3.8) is 0 Å². The van der Waals surface area contributed by atoms with Crippen molar-refractivity contribution >= 4 is 6.47 Å². The average molecular weight is 161 g/mol. The van der Waals surface area contributed by atoms with E-state index < -0.39 is 0 Å². The van der Waals surface area contributed by atoms with E-state index in [4.69, 9.17) is 4.74 Å². The first-order valence-electron chi connectivity index (χ1n) is 3.99. The van der Waals surface area contributed by atoms with Gasteiger partial charge in [0.25, 0.3) is 0 Å². The van der Waals surface area contributed by atoms with Crippen LogP contribution in [0.1, 0.15) is 11.1 Å². The highest BCUT2D eigenvalue weighted by Gasteiger charge is 2.21. The number of carbonyl (C=O) groups excluding carboxylic acids is 1. The Bertz CT molecular complexity index is 269.